The molecule has 0 aromatic heterocycles. The molecule has 0 aliphatic rings. The van der Waals surface area contributed by atoms with E-state index in [1.807, 2.05) is 20.8 Å². The van der Waals surface area contributed by atoms with E-state index in [2.05, 4.69) is 4.74 Å². The lowest BCUT2D eigenvalue weighted by Gasteiger charge is -2.22. The van der Waals surface area contributed by atoms with Gasteiger partial charge >= 0.3 is 5.97 Å². The van der Waals surface area contributed by atoms with Gasteiger partial charge in [-0.3, -0.25) is 4.79 Å². The molecule has 5 nitrogen and oxygen atoms in total. The van der Waals surface area contributed by atoms with Gasteiger partial charge < -0.3 is 4.74 Å². The molecule has 0 fully saturated rings. The van der Waals surface area contributed by atoms with Gasteiger partial charge in [-0.1, -0.05) is 32.9 Å². The number of benzene rings is 1. The van der Waals surface area contributed by atoms with E-state index in [0.29, 0.717) is 13.1 Å². The maximum Gasteiger partial charge on any atom is 0.309 e. The monoisotopic (exact) mass is 313 g/mol. The molecule has 6 heteroatoms. The Balaban J connectivity index is 2.96. The first-order chi connectivity index (χ1) is 9.81. The van der Waals surface area contributed by atoms with E-state index in [1.165, 1.54) is 23.5 Å². The van der Waals surface area contributed by atoms with Crippen molar-refractivity contribution in [3.05, 3.63) is 29.8 Å². The van der Waals surface area contributed by atoms with Gasteiger partial charge in [-0.2, -0.15) is 4.31 Å². The second-order valence-electron chi connectivity index (χ2n) is 5.25. The first kappa shape index (κ1) is 17.7. The standard InChI is InChI=1S/C15H23NO4S/c1-5-16(11-12(2)3)21(18,19)14-8-6-13(7-9-14)10-15(17)20-4/h6-9,12H,5,10-11H2,1-4H3. The van der Waals surface area contributed by atoms with Crippen molar-refractivity contribution in [2.75, 3.05) is 20.2 Å². The molecular formula is C15H23NO4S. The van der Waals surface area contributed by atoms with Crippen molar-refractivity contribution in [2.24, 2.45) is 5.92 Å². The van der Waals surface area contributed by atoms with Crippen LogP contribution in [0.4, 0.5) is 0 Å². The molecule has 1 rings (SSSR count). The largest absolute Gasteiger partial charge is 0.469 e. The number of rotatable bonds is 7. The van der Waals surface area contributed by atoms with Crippen molar-refractivity contribution < 1.29 is 17.9 Å². The maximum absolute atomic E-state index is 12.5. The smallest absolute Gasteiger partial charge is 0.309 e. The number of ether oxygens (including phenoxy) is 1. The number of methoxy groups -OCH3 is 1. The van der Waals surface area contributed by atoms with Crippen LogP contribution in [-0.4, -0.2) is 38.9 Å². The highest BCUT2D eigenvalue weighted by atomic mass is 32.2. The van der Waals surface area contributed by atoms with Crippen LogP contribution in [0.1, 0.15) is 26.3 Å². The Kier molecular flexibility index (Phi) is 6.36. The van der Waals surface area contributed by atoms with E-state index in [4.69, 9.17) is 0 Å². The van der Waals surface area contributed by atoms with Crippen molar-refractivity contribution in [3.63, 3.8) is 0 Å². The van der Waals surface area contributed by atoms with Gasteiger partial charge in [0.05, 0.1) is 18.4 Å². The van der Waals surface area contributed by atoms with Gasteiger partial charge in [0.15, 0.2) is 0 Å². The van der Waals surface area contributed by atoms with Gasteiger partial charge in [0.1, 0.15) is 0 Å². The van der Waals surface area contributed by atoms with Crippen LogP contribution >= 0.6 is 0 Å². The molecule has 1 aromatic rings. The molecule has 0 heterocycles. The van der Waals surface area contributed by atoms with Crippen LogP contribution in [0, 0.1) is 5.92 Å². The molecule has 0 amide bonds. The Morgan fingerprint density at radius 2 is 1.81 bits per heavy atom. The topological polar surface area (TPSA) is 63.7 Å². The first-order valence-electron chi connectivity index (χ1n) is 6.97. The van der Waals surface area contributed by atoms with E-state index in [-0.39, 0.29) is 23.2 Å². The van der Waals surface area contributed by atoms with E-state index in [1.54, 1.807) is 12.1 Å². The summed E-state index contributed by atoms with van der Waals surface area (Å²) < 4.78 is 31.1. The van der Waals surface area contributed by atoms with Crippen molar-refractivity contribution in [2.45, 2.75) is 32.1 Å². The zero-order valence-electron chi connectivity index (χ0n) is 13.0. The summed E-state index contributed by atoms with van der Waals surface area (Å²) in [6.07, 6.45) is 0.139. The number of nitrogens with zero attached hydrogens (tertiary/aromatic N) is 1. The summed E-state index contributed by atoms with van der Waals surface area (Å²) in [5, 5.41) is 0. The predicted molar refractivity (Wildman–Crippen MR) is 81.4 cm³/mol. The lowest BCUT2D eigenvalue weighted by molar-refractivity contribution is -0.139. The summed E-state index contributed by atoms with van der Waals surface area (Å²) in [5.41, 5.74) is 0.729. The van der Waals surface area contributed by atoms with Crippen LogP contribution in [0.15, 0.2) is 29.2 Å². The van der Waals surface area contributed by atoms with Gasteiger partial charge in [-0.25, -0.2) is 8.42 Å². The number of esters is 1. The van der Waals surface area contributed by atoms with Gasteiger partial charge in [-0.15, -0.1) is 0 Å². The summed E-state index contributed by atoms with van der Waals surface area (Å²) in [4.78, 5) is 11.4. The molecule has 0 aliphatic carbocycles. The normalized spacial score (nSPS) is 11.9. The lowest BCUT2D eigenvalue weighted by atomic mass is 10.2. The van der Waals surface area contributed by atoms with Gasteiger partial charge in [0.25, 0.3) is 0 Å². The van der Waals surface area contributed by atoms with Gasteiger partial charge in [0.2, 0.25) is 10.0 Å². The Morgan fingerprint density at radius 1 is 1.24 bits per heavy atom. The average Bonchev–Trinajstić information content (AvgIpc) is 2.44. The fourth-order valence-electron chi connectivity index (χ4n) is 1.97. The van der Waals surface area contributed by atoms with Crippen molar-refractivity contribution in [1.82, 2.24) is 4.31 Å². The fourth-order valence-corrected chi connectivity index (χ4v) is 3.58. The molecule has 0 N–H and O–H groups in total. The van der Waals surface area contributed by atoms with Crippen molar-refractivity contribution in [3.8, 4) is 0 Å². The molecule has 0 saturated heterocycles. The molecule has 118 valence electrons. The lowest BCUT2D eigenvalue weighted by Crippen LogP contribution is -2.34. The average molecular weight is 313 g/mol. The Morgan fingerprint density at radius 3 is 2.24 bits per heavy atom. The molecule has 1 aromatic carbocycles. The van der Waals surface area contributed by atoms with Crippen molar-refractivity contribution in [1.29, 1.82) is 0 Å². The first-order valence-corrected chi connectivity index (χ1v) is 8.41. The van der Waals surface area contributed by atoms with E-state index in [9.17, 15) is 13.2 Å². The van der Waals surface area contributed by atoms with Crippen molar-refractivity contribution >= 4 is 16.0 Å². The van der Waals surface area contributed by atoms with Gasteiger partial charge in [0, 0.05) is 13.1 Å². The quantitative estimate of drug-likeness (QED) is 0.723. The Bertz CT molecular complexity index is 564. The molecule has 0 radical (unpaired) electrons. The number of hydrogen-bond acceptors (Lipinski definition) is 4. The minimum absolute atomic E-state index is 0.139. The molecule has 0 spiro atoms. The minimum Gasteiger partial charge on any atom is -0.469 e. The summed E-state index contributed by atoms with van der Waals surface area (Å²) in [6, 6.07) is 6.37. The molecule has 0 unspecified atom stereocenters. The van der Waals surface area contributed by atoms with Crippen LogP contribution in [0.2, 0.25) is 0 Å². The predicted octanol–water partition coefficient (Wildman–Crippen LogP) is 2.07. The third-order valence-electron chi connectivity index (χ3n) is 3.06. The molecule has 0 atom stereocenters. The summed E-state index contributed by atoms with van der Waals surface area (Å²) in [6.45, 7) is 6.72. The highest BCUT2D eigenvalue weighted by molar-refractivity contribution is 7.89. The second kappa shape index (κ2) is 7.56. The zero-order valence-corrected chi connectivity index (χ0v) is 13.8. The Labute approximate surface area is 127 Å². The third kappa shape index (κ3) is 4.82. The highest BCUT2D eigenvalue weighted by Crippen LogP contribution is 2.18. The van der Waals surface area contributed by atoms with Crippen LogP contribution in [0.25, 0.3) is 0 Å². The molecule has 0 saturated carbocycles. The van der Waals surface area contributed by atoms with Gasteiger partial charge in [-0.05, 0) is 23.6 Å². The molecular weight excluding hydrogens is 290 g/mol. The minimum atomic E-state index is -3.48. The summed E-state index contributed by atoms with van der Waals surface area (Å²) >= 11 is 0. The van der Waals surface area contributed by atoms with E-state index < -0.39 is 10.0 Å². The number of hydrogen-bond donors (Lipinski definition) is 0. The van der Waals surface area contributed by atoms with E-state index >= 15 is 0 Å². The highest BCUT2D eigenvalue weighted by Gasteiger charge is 2.23. The molecule has 21 heavy (non-hydrogen) atoms. The summed E-state index contributed by atoms with van der Waals surface area (Å²) in [7, 11) is -2.15. The van der Waals surface area contributed by atoms with Crippen LogP contribution in [0.3, 0.4) is 0 Å². The number of carbonyl (C=O) groups is 1. The van der Waals surface area contributed by atoms with Crippen LogP contribution in [-0.2, 0) is 26.0 Å². The van der Waals surface area contributed by atoms with Crippen LogP contribution < -0.4 is 0 Å². The molecule has 0 aliphatic heterocycles. The zero-order chi connectivity index (χ0) is 16.0. The molecule has 0 bridgehead atoms. The summed E-state index contributed by atoms with van der Waals surface area (Å²) in [5.74, 6) is -0.0843. The van der Waals surface area contributed by atoms with E-state index in [0.717, 1.165) is 5.56 Å². The maximum atomic E-state index is 12.5. The van der Waals surface area contributed by atoms with Crippen LogP contribution in [0.5, 0.6) is 0 Å². The Hall–Kier alpha value is -1.40. The fraction of sp³-hybridized carbons (Fsp3) is 0.533. The number of sulfonamides is 1. The number of carbonyl (C=O) groups excluding carboxylic acids is 1. The SMILES string of the molecule is CCN(CC(C)C)S(=O)(=O)c1ccc(CC(=O)OC)cc1. The third-order valence-corrected chi connectivity index (χ3v) is 5.01. The second-order valence-corrected chi connectivity index (χ2v) is 7.18.